The van der Waals surface area contributed by atoms with Crippen LogP contribution in [-0.4, -0.2) is 47.0 Å². The fourth-order valence-electron chi connectivity index (χ4n) is 1.06. The number of benzene rings is 1. The standard InChI is InChI=1S/C9H8O.Al.Co.Fe.Mg.5H/c1-2-6-9-8(4-1)5-3-7-10-9;;;;;;;;;/h1-6H,7H2;;;;;;;;;. The third kappa shape index (κ3) is 5.25. The molecule has 0 aliphatic carbocycles. The molecule has 0 unspecified atom stereocenters. The minimum Gasteiger partial charge on any atom is -0.489 e. The molecule has 0 fully saturated rings. The Morgan fingerprint density at radius 2 is 1.79 bits per heavy atom. The summed E-state index contributed by atoms with van der Waals surface area (Å²) < 4.78 is 5.34. The largest absolute Gasteiger partial charge is 0.489 e. The van der Waals surface area contributed by atoms with Gasteiger partial charge in [0, 0.05) is 39.4 Å². The minimum atomic E-state index is 0. The Morgan fingerprint density at radius 1 is 1.14 bits per heavy atom. The Balaban J connectivity index is -0.000000302. The Hall–Kier alpha value is 1.08. The molecule has 77 valence electrons. The first kappa shape index (κ1) is 20.5. The summed E-state index contributed by atoms with van der Waals surface area (Å²) in [5.41, 5.74) is 1.17. The van der Waals surface area contributed by atoms with Gasteiger partial charge in [-0.2, -0.15) is 0 Å². The molecule has 14 heavy (non-hydrogen) atoms. The molecule has 0 aromatic heterocycles. The second-order valence-corrected chi connectivity index (χ2v) is 2.25. The topological polar surface area (TPSA) is 9.23 Å². The monoisotopic (exact) mass is 303 g/mol. The number of hydrogen-bond acceptors (Lipinski definition) is 1. The number of rotatable bonds is 0. The zero-order valence-electron chi connectivity index (χ0n) is 6.27. The van der Waals surface area contributed by atoms with Gasteiger partial charge in [-0.3, -0.25) is 0 Å². The van der Waals surface area contributed by atoms with Crippen molar-refractivity contribution in [2.75, 3.05) is 6.61 Å². The molecule has 0 amide bonds. The van der Waals surface area contributed by atoms with Crippen LogP contribution in [0.15, 0.2) is 30.3 Å². The van der Waals surface area contributed by atoms with Gasteiger partial charge in [0.2, 0.25) is 0 Å². The number of ether oxygens (including phenoxy) is 1. The first-order chi connectivity index (χ1) is 4.97. The van der Waals surface area contributed by atoms with Gasteiger partial charge in [0.1, 0.15) is 12.4 Å². The first-order valence-corrected chi connectivity index (χ1v) is 3.35. The molecule has 0 atom stereocenters. The molecule has 1 aromatic rings. The van der Waals surface area contributed by atoms with E-state index in [1.165, 1.54) is 5.56 Å². The molecule has 0 saturated heterocycles. The van der Waals surface area contributed by atoms with Crippen LogP contribution in [0.25, 0.3) is 6.08 Å². The maximum absolute atomic E-state index is 5.34. The van der Waals surface area contributed by atoms with Crippen molar-refractivity contribution in [3.63, 3.8) is 0 Å². The Labute approximate surface area is 132 Å². The Kier molecular flexibility index (Phi) is 15.5. The number of fused-ring (bicyclic) bond motifs is 1. The van der Waals surface area contributed by atoms with E-state index in [9.17, 15) is 0 Å². The van der Waals surface area contributed by atoms with Crippen molar-refractivity contribution in [3.8, 4) is 5.75 Å². The zero-order chi connectivity index (χ0) is 6.81. The van der Waals surface area contributed by atoms with E-state index in [2.05, 4.69) is 6.08 Å². The van der Waals surface area contributed by atoms with Gasteiger partial charge in [-0.15, -0.1) is 0 Å². The summed E-state index contributed by atoms with van der Waals surface area (Å²) in [6, 6.07) is 8.03. The molecular formula is C9H13AlCoFeMgO. The van der Waals surface area contributed by atoms with Crippen LogP contribution in [0.1, 0.15) is 5.56 Å². The van der Waals surface area contributed by atoms with E-state index in [0.29, 0.717) is 6.61 Å². The van der Waals surface area contributed by atoms with Crippen molar-refractivity contribution in [2.45, 2.75) is 0 Å². The maximum Gasteiger partial charge on any atom is 0.316 e. The molecule has 1 aliphatic heterocycles. The summed E-state index contributed by atoms with van der Waals surface area (Å²) in [7, 11) is 0. The summed E-state index contributed by atoms with van der Waals surface area (Å²) in [5, 5.41) is 0. The molecule has 1 nitrogen and oxygen atoms in total. The van der Waals surface area contributed by atoms with Gasteiger partial charge in [-0.05, 0) is 12.1 Å². The van der Waals surface area contributed by atoms with E-state index >= 15 is 0 Å². The molecule has 5 heteroatoms. The molecule has 0 N–H and O–H groups in total. The Bertz CT molecular complexity index is 283. The molecule has 1 heterocycles. The molecule has 0 bridgehead atoms. The van der Waals surface area contributed by atoms with Crippen molar-refractivity contribution in [2.24, 2.45) is 0 Å². The van der Waals surface area contributed by atoms with E-state index in [1.807, 2.05) is 30.3 Å². The van der Waals surface area contributed by atoms with Crippen molar-refractivity contribution in [1.29, 1.82) is 0 Å². The van der Waals surface area contributed by atoms with Crippen molar-refractivity contribution in [3.05, 3.63) is 35.9 Å². The van der Waals surface area contributed by atoms with Crippen LogP contribution in [0.2, 0.25) is 0 Å². The van der Waals surface area contributed by atoms with Crippen LogP contribution in [0.5, 0.6) is 5.75 Å². The third-order valence-corrected chi connectivity index (χ3v) is 1.55. The molecule has 1 radical (unpaired) electrons. The van der Waals surface area contributed by atoms with Crippen molar-refractivity contribution in [1.82, 2.24) is 0 Å². The predicted molar refractivity (Wildman–Crippen MR) is 59.5 cm³/mol. The molecule has 0 saturated carbocycles. The molecule has 2 rings (SSSR count). The van der Waals surface area contributed by atoms with Gasteiger partial charge < -0.3 is 4.74 Å². The van der Waals surface area contributed by atoms with E-state index in [-0.39, 0.29) is 74.3 Å². The average molecular weight is 303 g/mol. The molecule has 1 aromatic carbocycles. The maximum atomic E-state index is 5.34. The summed E-state index contributed by atoms with van der Waals surface area (Å²) >= 11 is 0. The Morgan fingerprint density at radius 3 is 2.43 bits per heavy atom. The molecular weight excluding hydrogens is 290 g/mol. The van der Waals surface area contributed by atoms with Gasteiger partial charge in [-0.25, -0.2) is 0 Å². The van der Waals surface area contributed by atoms with Crippen LogP contribution in [-0.2, 0) is 33.8 Å². The van der Waals surface area contributed by atoms with Crippen LogP contribution >= 0.6 is 0 Å². The quantitative estimate of drug-likeness (QED) is 0.613. The third-order valence-electron chi connectivity index (χ3n) is 1.55. The summed E-state index contributed by atoms with van der Waals surface area (Å²) in [6.07, 6.45) is 4.10. The van der Waals surface area contributed by atoms with Crippen LogP contribution in [0.4, 0.5) is 0 Å². The summed E-state index contributed by atoms with van der Waals surface area (Å²) in [4.78, 5) is 0. The van der Waals surface area contributed by atoms with Crippen LogP contribution < -0.4 is 4.74 Å². The fraction of sp³-hybridized carbons (Fsp3) is 0.111. The SMILES string of the molecule is C1=Cc2ccccc2OC1.[AlH3].[Co].[Fe].[MgH2]. The van der Waals surface area contributed by atoms with Crippen molar-refractivity contribution < 1.29 is 38.6 Å². The van der Waals surface area contributed by atoms with Gasteiger partial charge in [0.15, 0.2) is 17.4 Å². The normalized spacial score (nSPS) is 10.0. The minimum absolute atomic E-state index is 0. The van der Waals surface area contributed by atoms with E-state index in [1.54, 1.807) is 0 Å². The second kappa shape index (κ2) is 10.6. The molecule has 0 spiro atoms. The van der Waals surface area contributed by atoms with Gasteiger partial charge in [0.25, 0.3) is 0 Å². The fourth-order valence-corrected chi connectivity index (χ4v) is 1.06. The van der Waals surface area contributed by atoms with E-state index in [4.69, 9.17) is 4.74 Å². The van der Waals surface area contributed by atoms with Crippen molar-refractivity contribution >= 4 is 46.5 Å². The summed E-state index contributed by atoms with van der Waals surface area (Å²) in [6.45, 7) is 0.705. The second-order valence-electron chi connectivity index (χ2n) is 2.25. The molecule has 1 aliphatic rings. The smallest absolute Gasteiger partial charge is 0.316 e. The van der Waals surface area contributed by atoms with Gasteiger partial charge >= 0.3 is 23.1 Å². The predicted octanol–water partition coefficient (Wildman–Crippen LogP) is -0.0129. The summed E-state index contributed by atoms with van der Waals surface area (Å²) in [5.74, 6) is 0.991. The number of hydrogen-bond donors (Lipinski definition) is 0. The van der Waals surface area contributed by atoms with E-state index in [0.717, 1.165) is 5.75 Å². The van der Waals surface area contributed by atoms with Crippen LogP contribution in [0.3, 0.4) is 0 Å². The average Bonchev–Trinajstić information content (AvgIpc) is 2.05. The van der Waals surface area contributed by atoms with Gasteiger partial charge in [0.05, 0.1) is 0 Å². The van der Waals surface area contributed by atoms with Crippen LogP contribution in [0, 0.1) is 0 Å². The number of para-hydroxylation sites is 1. The van der Waals surface area contributed by atoms with E-state index < -0.39 is 0 Å². The first-order valence-electron chi connectivity index (χ1n) is 3.35. The zero-order valence-corrected chi connectivity index (χ0v) is 8.41. The van der Waals surface area contributed by atoms with Gasteiger partial charge in [-0.1, -0.05) is 24.3 Å².